The summed E-state index contributed by atoms with van der Waals surface area (Å²) < 4.78 is 0. The van der Waals surface area contributed by atoms with Gasteiger partial charge in [-0.3, -0.25) is 4.79 Å². The molecular weight excluding hydrogens is 162 g/mol. The summed E-state index contributed by atoms with van der Waals surface area (Å²) in [5.41, 5.74) is 0. The molecule has 0 aliphatic heterocycles. The summed E-state index contributed by atoms with van der Waals surface area (Å²) in [5, 5.41) is 2.76. The average Bonchev–Trinajstić information content (AvgIpc) is 2.79. The Morgan fingerprint density at radius 2 is 1.31 bits per heavy atom. The molecule has 2 aliphatic rings. The summed E-state index contributed by atoms with van der Waals surface area (Å²) in [4.78, 5) is 9.85. The molecule has 2 nitrogen and oxygen atoms in total. The van der Waals surface area contributed by atoms with Crippen molar-refractivity contribution in [2.45, 2.75) is 63.8 Å². The van der Waals surface area contributed by atoms with Crippen molar-refractivity contribution in [3.63, 3.8) is 0 Å². The molecule has 13 heavy (non-hydrogen) atoms. The summed E-state index contributed by atoms with van der Waals surface area (Å²) in [7, 11) is 0. The maximum Gasteiger partial charge on any atom is 0.207 e. The molecule has 0 unspecified atom stereocenters. The molecule has 1 amide bonds. The second-order valence-electron chi connectivity index (χ2n) is 4.03. The first kappa shape index (κ1) is 10.6. The van der Waals surface area contributed by atoms with Crippen LogP contribution in [-0.4, -0.2) is 12.5 Å². The van der Waals surface area contributed by atoms with Gasteiger partial charge in [-0.05, 0) is 12.8 Å². The Bertz CT molecular complexity index is 118. The van der Waals surface area contributed by atoms with E-state index < -0.39 is 0 Å². The largest absolute Gasteiger partial charge is 0.356 e. The van der Waals surface area contributed by atoms with Gasteiger partial charge >= 0.3 is 0 Å². The standard InChI is InChI=1S/C6H11NO.C5H10/c8-5-7-6-3-1-2-4-6;1-2-4-5-3-1/h5-6H,1-4H2,(H,7,8);1-5H2. The van der Waals surface area contributed by atoms with Crippen LogP contribution in [0.2, 0.25) is 0 Å². The van der Waals surface area contributed by atoms with Crippen LogP contribution in [0.4, 0.5) is 0 Å². The minimum absolute atomic E-state index is 0.493. The van der Waals surface area contributed by atoms with Crippen LogP contribution in [0.1, 0.15) is 57.8 Å². The van der Waals surface area contributed by atoms with E-state index in [1.165, 1.54) is 57.8 Å². The SMILES string of the molecule is C1CCCC1.O=CNC1CCCC1. The maximum absolute atomic E-state index is 9.85. The molecule has 0 radical (unpaired) electrons. The molecule has 1 N–H and O–H groups in total. The summed E-state index contributed by atoms with van der Waals surface area (Å²) in [5.74, 6) is 0. The second-order valence-corrected chi connectivity index (χ2v) is 4.03. The normalized spacial score (nSPS) is 22.2. The summed E-state index contributed by atoms with van der Waals surface area (Å²) in [6.45, 7) is 0. The molecule has 2 fully saturated rings. The molecule has 2 saturated carbocycles. The number of carbonyl (C=O) groups is 1. The van der Waals surface area contributed by atoms with Gasteiger partial charge in [-0.15, -0.1) is 0 Å². The highest BCUT2D eigenvalue weighted by atomic mass is 16.1. The van der Waals surface area contributed by atoms with Crippen molar-refractivity contribution in [2.24, 2.45) is 0 Å². The number of nitrogens with one attached hydrogen (secondary N) is 1. The van der Waals surface area contributed by atoms with Gasteiger partial charge in [0.25, 0.3) is 0 Å². The molecule has 0 aromatic heterocycles. The Kier molecular flexibility index (Phi) is 5.62. The van der Waals surface area contributed by atoms with Gasteiger partial charge in [0.15, 0.2) is 0 Å². The van der Waals surface area contributed by atoms with Crippen LogP contribution in [0.15, 0.2) is 0 Å². The molecule has 76 valence electrons. The molecule has 2 rings (SSSR count). The lowest BCUT2D eigenvalue weighted by atomic mass is 10.3. The first-order chi connectivity index (χ1) is 6.43. The Balaban J connectivity index is 0.000000145. The lowest BCUT2D eigenvalue weighted by molar-refractivity contribution is -0.110. The fourth-order valence-corrected chi connectivity index (χ4v) is 2.07. The van der Waals surface area contributed by atoms with Crippen LogP contribution in [0.3, 0.4) is 0 Å². The van der Waals surface area contributed by atoms with Gasteiger partial charge in [0.2, 0.25) is 6.41 Å². The van der Waals surface area contributed by atoms with Crippen molar-refractivity contribution in [3.05, 3.63) is 0 Å². The van der Waals surface area contributed by atoms with Gasteiger partial charge in [-0.2, -0.15) is 0 Å². The van der Waals surface area contributed by atoms with Crippen molar-refractivity contribution in [1.82, 2.24) is 5.32 Å². The van der Waals surface area contributed by atoms with Crippen LogP contribution >= 0.6 is 0 Å². The van der Waals surface area contributed by atoms with Gasteiger partial charge in [-0.25, -0.2) is 0 Å². The van der Waals surface area contributed by atoms with E-state index in [-0.39, 0.29) is 0 Å². The van der Waals surface area contributed by atoms with E-state index in [0.29, 0.717) is 6.04 Å². The fraction of sp³-hybridized carbons (Fsp3) is 0.909. The van der Waals surface area contributed by atoms with Gasteiger partial charge in [0.05, 0.1) is 0 Å². The Morgan fingerprint density at radius 1 is 0.846 bits per heavy atom. The molecule has 0 bridgehead atoms. The Hall–Kier alpha value is -0.530. The molecule has 2 aliphatic carbocycles. The predicted molar refractivity (Wildman–Crippen MR) is 54.5 cm³/mol. The lowest BCUT2D eigenvalue weighted by Crippen LogP contribution is -2.23. The van der Waals surface area contributed by atoms with Gasteiger partial charge in [-0.1, -0.05) is 44.9 Å². The molecule has 0 atom stereocenters. The van der Waals surface area contributed by atoms with Crippen molar-refractivity contribution in [2.75, 3.05) is 0 Å². The fourth-order valence-electron chi connectivity index (χ4n) is 2.07. The predicted octanol–water partition coefficient (Wildman–Crippen LogP) is 2.63. The van der Waals surface area contributed by atoms with E-state index in [2.05, 4.69) is 5.32 Å². The van der Waals surface area contributed by atoms with Crippen LogP contribution < -0.4 is 5.32 Å². The second kappa shape index (κ2) is 6.93. The average molecular weight is 183 g/mol. The Labute approximate surface area is 81.1 Å². The molecule has 0 aromatic carbocycles. The molecule has 0 saturated heterocycles. The summed E-state index contributed by atoms with van der Waals surface area (Å²) >= 11 is 0. The van der Waals surface area contributed by atoms with E-state index in [0.717, 1.165) is 6.41 Å². The smallest absolute Gasteiger partial charge is 0.207 e. The minimum atomic E-state index is 0.493. The maximum atomic E-state index is 9.85. The van der Waals surface area contributed by atoms with Crippen LogP contribution in [0, 0.1) is 0 Å². The van der Waals surface area contributed by atoms with E-state index in [1.54, 1.807) is 0 Å². The van der Waals surface area contributed by atoms with Crippen LogP contribution in [-0.2, 0) is 4.79 Å². The number of rotatable bonds is 2. The summed E-state index contributed by atoms with van der Waals surface area (Å²) in [6, 6.07) is 0.493. The van der Waals surface area contributed by atoms with Crippen molar-refractivity contribution >= 4 is 6.41 Å². The number of amides is 1. The zero-order chi connectivity index (χ0) is 9.36. The molecule has 2 heteroatoms. The van der Waals surface area contributed by atoms with Crippen molar-refractivity contribution in [1.29, 1.82) is 0 Å². The zero-order valence-electron chi connectivity index (χ0n) is 8.43. The highest BCUT2D eigenvalue weighted by Gasteiger charge is 2.12. The molecular formula is C11H21NO. The van der Waals surface area contributed by atoms with Crippen molar-refractivity contribution in [3.8, 4) is 0 Å². The van der Waals surface area contributed by atoms with Crippen molar-refractivity contribution < 1.29 is 4.79 Å². The van der Waals surface area contributed by atoms with E-state index >= 15 is 0 Å². The van der Waals surface area contributed by atoms with E-state index in [9.17, 15) is 4.79 Å². The molecule has 0 aromatic rings. The highest BCUT2D eigenvalue weighted by Crippen LogP contribution is 2.16. The third-order valence-corrected chi connectivity index (χ3v) is 2.91. The van der Waals surface area contributed by atoms with Gasteiger partial charge < -0.3 is 5.32 Å². The minimum Gasteiger partial charge on any atom is -0.356 e. The first-order valence-electron chi connectivity index (χ1n) is 5.63. The third kappa shape index (κ3) is 4.91. The van der Waals surface area contributed by atoms with Crippen LogP contribution in [0.25, 0.3) is 0 Å². The van der Waals surface area contributed by atoms with Crippen LogP contribution in [0.5, 0.6) is 0 Å². The quantitative estimate of drug-likeness (QED) is 0.655. The van der Waals surface area contributed by atoms with E-state index in [1.807, 2.05) is 0 Å². The lowest BCUT2D eigenvalue weighted by Gasteiger charge is -2.03. The monoisotopic (exact) mass is 183 g/mol. The zero-order valence-corrected chi connectivity index (χ0v) is 8.43. The first-order valence-corrected chi connectivity index (χ1v) is 5.63. The third-order valence-electron chi connectivity index (χ3n) is 2.91. The number of hydrogen-bond donors (Lipinski definition) is 1. The number of carbonyl (C=O) groups excluding carboxylic acids is 1. The molecule has 0 spiro atoms. The Morgan fingerprint density at radius 3 is 1.69 bits per heavy atom. The van der Waals surface area contributed by atoms with Gasteiger partial charge in [0, 0.05) is 6.04 Å². The van der Waals surface area contributed by atoms with Gasteiger partial charge in [0.1, 0.15) is 0 Å². The summed E-state index contributed by atoms with van der Waals surface area (Å²) in [6.07, 6.45) is 13.2. The molecule has 0 heterocycles. The number of hydrogen-bond acceptors (Lipinski definition) is 1. The highest BCUT2D eigenvalue weighted by molar-refractivity contribution is 5.46. The van der Waals surface area contributed by atoms with E-state index in [4.69, 9.17) is 0 Å². The topological polar surface area (TPSA) is 29.1 Å².